The number of rotatable bonds is 1. The Bertz CT molecular complexity index is 409. The molecule has 5 heteroatoms. The molecule has 0 radical (unpaired) electrons. The minimum atomic E-state index is 0.336. The molecule has 0 aliphatic heterocycles. The number of hydrogen-bond acceptors (Lipinski definition) is 3. The van der Waals surface area contributed by atoms with Crippen molar-refractivity contribution in [2.45, 2.75) is 6.54 Å². The van der Waals surface area contributed by atoms with Crippen LogP contribution in [0.1, 0.15) is 5.69 Å². The van der Waals surface area contributed by atoms with Crippen molar-refractivity contribution >= 4 is 17.4 Å². The Morgan fingerprint density at radius 2 is 2.42 bits per heavy atom. The summed E-state index contributed by atoms with van der Waals surface area (Å²) in [6.07, 6.45) is 3.47. The van der Waals surface area contributed by atoms with E-state index in [1.807, 2.05) is 0 Å². The van der Waals surface area contributed by atoms with Gasteiger partial charge in [0.15, 0.2) is 0 Å². The SMILES string of the molecule is NCc1nc2ncccn2c1Cl. The first-order chi connectivity index (χ1) is 5.83. The van der Waals surface area contributed by atoms with Crippen molar-refractivity contribution in [1.82, 2.24) is 14.4 Å². The first-order valence-electron chi connectivity index (χ1n) is 3.50. The molecule has 0 unspecified atom stereocenters. The van der Waals surface area contributed by atoms with Gasteiger partial charge in [0, 0.05) is 18.9 Å². The minimum Gasteiger partial charge on any atom is -0.325 e. The van der Waals surface area contributed by atoms with Gasteiger partial charge in [0.25, 0.3) is 0 Å². The Balaban J connectivity index is 2.78. The summed E-state index contributed by atoms with van der Waals surface area (Å²) in [5.41, 5.74) is 6.10. The van der Waals surface area contributed by atoms with Gasteiger partial charge in [0.05, 0.1) is 5.69 Å². The molecule has 0 spiro atoms. The highest BCUT2D eigenvalue weighted by atomic mass is 35.5. The van der Waals surface area contributed by atoms with Crippen LogP contribution in [0.3, 0.4) is 0 Å². The molecule has 0 fully saturated rings. The highest BCUT2D eigenvalue weighted by Gasteiger charge is 2.07. The lowest BCUT2D eigenvalue weighted by Gasteiger charge is -1.91. The van der Waals surface area contributed by atoms with E-state index in [4.69, 9.17) is 17.3 Å². The summed E-state index contributed by atoms with van der Waals surface area (Å²) >= 11 is 5.94. The van der Waals surface area contributed by atoms with Crippen LogP contribution < -0.4 is 5.73 Å². The van der Waals surface area contributed by atoms with Crippen molar-refractivity contribution < 1.29 is 0 Å². The van der Waals surface area contributed by atoms with E-state index in [0.717, 1.165) is 0 Å². The molecule has 0 aromatic carbocycles. The normalized spacial score (nSPS) is 10.8. The Hall–Kier alpha value is -1.13. The van der Waals surface area contributed by atoms with Crippen LogP contribution in [0.25, 0.3) is 5.78 Å². The molecule has 4 nitrogen and oxygen atoms in total. The third-order valence-electron chi connectivity index (χ3n) is 1.60. The monoisotopic (exact) mass is 182 g/mol. The van der Waals surface area contributed by atoms with Gasteiger partial charge in [-0.3, -0.25) is 4.40 Å². The van der Waals surface area contributed by atoms with Crippen LogP contribution in [-0.4, -0.2) is 14.4 Å². The molecule has 2 aromatic heterocycles. The molecule has 0 saturated heterocycles. The molecule has 0 amide bonds. The fraction of sp³-hybridized carbons (Fsp3) is 0.143. The summed E-state index contributed by atoms with van der Waals surface area (Å²) < 4.78 is 1.70. The van der Waals surface area contributed by atoms with Gasteiger partial charge >= 0.3 is 0 Å². The number of aromatic nitrogens is 3. The van der Waals surface area contributed by atoms with Gasteiger partial charge in [-0.2, -0.15) is 0 Å². The highest BCUT2D eigenvalue weighted by molar-refractivity contribution is 6.30. The van der Waals surface area contributed by atoms with Gasteiger partial charge in [-0.1, -0.05) is 11.6 Å². The lowest BCUT2D eigenvalue weighted by atomic mass is 10.5. The summed E-state index contributed by atoms with van der Waals surface area (Å²) in [4.78, 5) is 8.15. The summed E-state index contributed by atoms with van der Waals surface area (Å²) in [5.74, 6) is 0.586. The summed E-state index contributed by atoms with van der Waals surface area (Å²) in [5, 5.41) is 0.542. The predicted octanol–water partition coefficient (Wildman–Crippen LogP) is 0.841. The van der Waals surface area contributed by atoms with Crippen LogP contribution >= 0.6 is 11.6 Å². The second-order valence-corrected chi connectivity index (χ2v) is 2.70. The molecule has 0 aliphatic carbocycles. The van der Waals surface area contributed by atoms with Crippen LogP contribution in [-0.2, 0) is 6.54 Å². The number of fused-ring (bicyclic) bond motifs is 1. The Labute approximate surface area is 74.0 Å². The standard InChI is InChI=1S/C7H7ClN4/c8-6-5(4-9)11-7-10-2-1-3-12(6)7/h1-3H,4,9H2. The van der Waals surface area contributed by atoms with E-state index >= 15 is 0 Å². The van der Waals surface area contributed by atoms with E-state index in [1.165, 1.54) is 0 Å². The van der Waals surface area contributed by atoms with Crippen molar-refractivity contribution in [2.24, 2.45) is 5.73 Å². The highest BCUT2D eigenvalue weighted by Crippen LogP contribution is 2.15. The summed E-state index contributed by atoms with van der Waals surface area (Å²) in [6.45, 7) is 0.336. The zero-order valence-electron chi connectivity index (χ0n) is 6.24. The lowest BCUT2D eigenvalue weighted by Crippen LogP contribution is -1.96. The number of nitrogens with zero attached hydrogens (tertiary/aromatic N) is 3. The average Bonchev–Trinajstić information content (AvgIpc) is 2.44. The number of nitrogens with two attached hydrogens (primary N) is 1. The van der Waals surface area contributed by atoms with Crippen LogP contribution in [0.4, 0.5) is 0 Å². The quantitative estimate of drug-likeness (QED) is 0.711. The molecule has 2 aromatic rings. The van der Waals surface area contributed by atoms with Gasteiger partial charge in [0.2, 0.25) is 5.78 Å². The van der Waals surface area contributed by atoms with Gasteiger partial charge in [-0.25, -0.2) is 9.97 Å². The van der Waals surface area contributed by atoms with Gasteiger partial charge in [0.1, 0.15) is 5.15 Å². The van der Waals surface area contributed by atoms with Crippen LogP contribution in [0.2, 0.25) is 5.15 Å². The maximum absolute atomic E-state index is 5.94. The molecular weight excluding hydrogens is 176 g/mol. The molecule has 62 valence electrons. The Morgan fingerprint density at radius 1 is 1.58 bits per heavy atom. The van der Waals surface area contributed by atoms with Crippen LogP contribution in [0.15, 0.2) is 18.5 Å². The maximum Gasteiger partial charge on any atom is 0.235 e. The fourth-order valence-corrected chi connectivity index (χ4v) is 1.29. The number of imidazole rings is 1. The largest absolute Gasteiger partial charge is 0.325 e. The Kier molecular flexibility index (Phi) is 1.71. The van der Waals surface area contributed by atoms with E-state index in [1.54, 1.807) is 22.9 Å². The number of hydrogen-bond donors (Lipinski definition) is 1. The van der Waals surface area contributed by atoms with Crippen molar-refractivity contribution in [3.63, 3.8) is 0 Å². The molecule has 0 bridgehead atoms. The van der Waals surface area contributed by atoms with E-state index in [9.17, 15) is 0 Å². The first kappa shape index (κ1) is 7.52. The molecule has 2 rings (SSSR count). The van der Waals surface area contributed by atoms with E-state index in [-0.39, 0.29) is 0 Å². The number of halogens is 1. The predicted molar refractivity (Wildman–Crippen MR) is 45.9 cm³/mol. The molecule has 0 atom stereocenters. The first-order valence-corrected chi connectivity index (χ1v) is 3.88. The van der Waals surface area contributed by atoms with E-state index in [0.29, 0.717) is 23.2 Å². The zero-order chi connectivity index (χ0) is 8.55. The third-order valence-corrected chi connectivity index (χ3v) is 2.00. The molecule has 2 heterocycles. The van der Waals surface area contributed by atoms with Crippen molar-refractivity contribution in [3.05, 3.63) is 29.3 Å². The lowest BCUT2D eigenvalue weighted by molar-refractivity contribution is 1.01. The van der Waals surface area contributed by atoms with Crippen LogP contribution in [0, 0.1) is 0 Å². The molecule has 0 aliphatic rings. The van der Waals surface area contributed by atoms with Gasteiger partial charge < -0.3 is 5.73 Å². The molecule has 2 N–H and O–H groups in total. The van der Waals surface area contributed by atoms with Crippen molar-refractivity contribution in [2.75, 3.05) is 0 Å². The summed E-state index contributed by atoms with van der Waals surface area (Å²) in [6, 6.07) is 1.79. The zero-order valence-corrected chi connectivity index (χ0v) is 6.99. The van der Waals surface area contributed by atoms with E-state index < -0.39 is 0 Å². The van der Waals surface area contributed by atoms with Crippen LogP contribution in [0.5, 0.6) is 0 Å². The topological polar surface area (TPSA) is 56.2 Å². The van der Waals surface area contributed by atoms with Crippen molar-refractivity contribution in [3.8, 4) is 0 Å². The minimum absolute atomic E-state index is 0.336. The van der Waals surface area contributed by atoms with E-state index in [2.05, 4.69) is 9.97 Å². The molecule has 0 saturated carbocycles. The van der Waals surface area contributed by atoms with Gasteiger partial charge in [-0.15, -0.1) is 0 Å². The summed E-state index contributed by atoms with van der Waals surface area (Å²) in [7, 11) is 0. The fourth-order valence-electron chi connectivity index (χ4n) is 1.03. The average molecular weight is 183 g/mol. The smallest absolute Gasteiger partial charge is 0.235 e. The molecular formula is C7H7ClN4. The third kappa shape index (κ3) is 0.964. The maximum atomic E-state index is 5.94. The molecule has 12 heavy (non-hydrogen) atoms. The van der Waals surface area contributed by atoms with Gasteiger partial charge in [-0.05, 0) is 6.07 Å². The second kappa shape index (κ2) is 2.73. The van der Waals surface area contributed by atoms with Crippen molar-refractivity contribution in [1.29, 1.82) is 0 Å². The Morgan fingerprint density at radius 3 is 3.08 bits per heavy atom. The second-order valence-electron chi connectivity index (χ2n) is 2.34.